The van der Waals surface area contributed by atoms with Crippen molar-refractivity contribution in [2.45, 2.75) is 38.3 Å². The maximum atomic E-state index is 13.9. The highest BCUT2D eigenvalue weighted by Gasteiger charge is 2.40. The molecule has 5 nitrogen and oxygen atoms in total. The van der Waals surface area contributed by atoms with Crippen LogP contribution in [-0.4, -0.2) is 31.7 Å². The van der Waals surface area contributed by atoms with Crippen molar-refractivity contribution in [2.75, 3.05) is 19.7 Å². The summed E-state index contributed by atoms with van der Waals surface area (Å²) in [6.45, 7) is 4.61. The number of hydrogen-bond acceptors (Lipinski definition) is 3. The molecule has 1 heterocycles. The second kappa shape index (κ2) is 9.38. The third kappa shape index (κ3) is 5.33. The number of ether oxygens (including phenoxy) is 1. The quantitative estimate of drug-likeness (QED) is 0.409. The number of aliphatic imine (C=N–C) groups is 1. The van der Waals surface area contributed by atoms with Crippen molar-refractivity contribution in [3.63, 3.8) is 0 Å². The van der Waals surface area contributed by atoms with Gasteiger partial charge < -0.3 is 19.8 Å². The summed E-state index contributed by atoms with van der Waals surface area (Å²) in [5.41, 5.74) is 0.784. The highest BCUT2D eigenvalue weighted by atomic mass is 19.1. The van der Waals surface area contributed by atoms with Gasteiger partial charge in [0.15, 0.2) is 5.96 Å². The van der Waals surface area contributed by atoms with E-state index >= 15 is 0 Å². The first-order valence-corrected chi connectivity index (χ1v) is 9.17. The van der Waals surface area contributed by atoms with Crippen LogP contribution in [0.1, 0.15) is 37.0 Å². The minimum Gasteiger partial charge on any atom is -0.467 e. The van der Waals surface area contributed by atoms with Crippen molar-refractivity contribution < 1.29 is 13.5 Å². The molecule has 6 heteroatoms. The van der Waals surface area contributed by atoms with Crippen LogP contribution < -0.4 is 10.6 Å². The van der Waals surface area contributed by atoms with Gasteiger partial charge in [0.05, 0.1) is 6.26 Å². The van der Waals surface area contributed by atoms with E-state index < -0.39 is 0 Å². The highest BCUT2D eigenvalue weighted by Crippen LogP contribution is 2.41. The molecule has 0 saturated heterocycles. The molecule has 140 valence electrons. The van der Waals surface area contributed by atoms with Crippen molar-refractivity contribution in [3.05, 3.63) is 59.8 Å². The summed E-state index contributed by atoms with van der Waals surface area (Å²) in [7, 11) is 0. The van der Waals surface area contributed by atoms with E-state index in [1.165, 1.54) is 6.07 Å². The van der Waals surface area contributed by atoms with Crippen molar-refractivity contribution >= 4 is 5.96 Å². The fourth-order valence-electron chi connectivity index (χ4n) is 2.89. The van der Waals surface area contributed by atoms with E-state index in [4.69, 9.17) is 9.15 Å². The van der Waals surface area contributed by atoms with Gasteiger partial charge in [-0.2, -0.15) is 0 Å². The summed E-state index contributed by atoms with van der Waals surface area (Å²) in [6, 6.07) is 11.0. The van der Waals surface area contributed by atoms with E-state index in [0.717, 1.165) is 36.7 Å². The first-order valence-electron chi connectivity index (χ1n) is 9.17. The molecule has 0 radical (unpaired) electrons. The summed E-state index contributed by atoms with van der Waals surface area (Å²) >= 11 is 0. The molecule has 2 N–H and O–H groups in total. The lowest BCUT2D eigenvalue weighted by Crippen LogP contribution is -2.39. The first kappa shape index (κ1) is 18.5. The van der Waals surface area contributed by atoms with Crippen molar-refractivity contribution in [2.24, 2.45) is 4.99 Å². The van der Waals surface area contributed by atoms with Crippen molar-refractivity contribution in [1.29, 1.82) is 0 Å². The Hall–Kier alpha value is -2.34. The predicted octanol–water partition coefficient (Wildman–Crippen LogP) is 3.44. The van der Waals surface area contributed by atoms with Crippen LogP contribution in [0.15, 0.2) is 52.1 Å². The standard InChI is InChI=1S/C20H26FN3O2/c1-2-22-20(23-10-6-11-25-14-15-7-5-12-26-15)24-19-13-17(19)16-8-3-4-9-18(16)21/h3-5,7-9,12,17,19H,2,6,10-11,13-14H2,1H3,(H2,22,23,24). The molecule has 26 heavy (non-hydrogen) atoms. The third-order valence-electron chi connectivity index (χ3n) is 4.30. The molecule has 1 aliphatic rings. The van der Waals surface area contributed by atoms with Crippen LogP contribution in [0, 0.1) is 5.82 Å². The second-order valence-corrected chi connectivity index (χ2v) is 6.36. The molecule has 2 atom stereocenters. The number of hydrogen-bond donors (Lipinski definition) is 2. The van der Waals surface area contributed by atoms with Crippen LogP contribution >= 0.6 is 0 Å². The SMILES string of the molecule is CCNC(=NCCCOCc1ccco1)NC1CC1c1ccccc1F. The largest absolute Gasteiger partial charge is 0.467 e. The van der Waals surface area contributed by atoms with Gasteiger partial charge in [-0.1, -0.05) is 18.2 Å². The van der Waals surface area contributed by atoms with E-state index in [2.05, 4.69) is 15.6 Å². The zero-order chi connectivity index (χ0) is 18.2. The zero-order valence-corrected chi connectivity index (χ0v) is 15.1. The maximum absolute atomic E-state index is 13.9. The Kier molecular flexibility index (Phi) is 6.66. The smallest absolute Gasteiger partial charge is 0.191 e. The van der Waals surface area contributed by atoms with Gasteiger partial charge in [-0.15, -0.1) is 0 Å². The molecule has 1 fully saturated rings. The molecule has 2 unspecified atom stereocenters. The van der Waals surface area contributed by atoms with Crippen LogP contribution in [0.5, 0.6) is 0 Å². The number of furan rings is 1. The van der Waals surface area contributed by atoms with Crippen LogP contribution in [0.2, 0.25) is 0 Å². The van der Waals surface area contributed by atoms with Crippen molar-refractivity contribution in [1.82, 2.24) is 10.6 Å². The first-order chi connectivity index (χ1) is 12.8. The summed E-state index contributed by atoms with van der Waals surface area (Å²) in [5, 5.41) is 6.64. The molecule has 1 aliphatic carbocycles. The molecule has 3 rings (SSSR count). The predicted molar refractivity (Wildman–Crippen MR) is 99.6 cm³/mol. The summed E-state index contributed by atoms with van der Waals surface area (Å²) in [6.07, 6.45) is 3.40. The van der Waals surface area contributed by atoms with Gasteiger partial charge in [0.25, 0.3) is 0 Å². The summed E-state index contributed by atoms with van der Waals surface area (Å²) in [5.74, 6) is 1.70. The fourth-order valence-corrected chi connectivity index (χ4v) is 2.89. The summed E-state index contributed by atoms with van der Waals surface area (Å²) < 4.78 is 24.6. The molecule has 0 spiro atoms. The Bertz CT molecular complexity index is 703. The van der Waals surface area contributed by atoms with Crippen LogP contribution in [0.4, 0.5) is 4.39 Å². The van der Waals surface area contributed by atoms with Gasteiger partial charge in [0.1, 0.15) is 18.2 Å². The van der Waals surface area contributed by atoms with E-state index in [9.17, 15) is 4.39 Å². The molecule has 2 aromatic rings. The molecule has 1 aromatic carbocycles. The number of rotatable bonds is 9. The van der Waals surface area contributed by atoms with Gasteiger partial charge in [-0.3, -0.25) is 4.99 Å². The minimum atomic E-state index is -0.127. The van der Waals surface area contributed by atoms with Gasteiger partial charge in [0, 0.05) is 31.7 Å². The Morgan fingerprint density at radius 3 is 2.96 bits per heavy atom. The minimum absolute atomic E-state index is 0.127. The van der Waals surface area contributed by atoms with Gasteiger partial charge in [0.2, 0.25) is 0 Å². The molecule has 0 aliphatic heterocycles. The third-order valence-corrected chi connectivity index (χ3v) is 4.30. The van der Waals surface area contributed by atoms with Gasteiger partial charge >= 0.3 is 0 Å². The molecule has 1 saturated carbocycles. The topological polar surface area (TPSA) is 58.8 Å². The van der Waals surface area contributed by atoms with Crippen LogP contribution in [0.3, 0.4) is 0 Å². The zero-order valence-electron chi connectivity index (χ0n) is 15.1. The summed E-state index contributed by atoms with van der Waals surface area (Å²) in [4.78, 5) is 4.58. The highest BCUT2D eigenvalue weighted by molar-refractivity contribution is 5.80. The second-order valence-electron chi connectivity index (χ2n) is 6.36. The van der Waals surface area contributed by atoms with E-state index in [-0.39, 0.29) is 17.8 Å². The number of halogens is 1. The van der Waals surface area contributed by atoms with E-state index in [0.29, 0.717) is 19.8 Å². The molecule has 0 bridgehead atoms. The lowest BCUT2D eigenvalue weighted by molar-refractivity contribution is 0.105. The Balaban J connectivity index is 1.39. The Morgan fingerprint density at radius 1 is 1.31 bits per heavy atom. The number of guanidine groups is 1. The monoisotopic (exact) mass is 359 g/mol. The molecular weight excluding hydrogens is 333 g/mol. The average Bonchev–Trinajstić information content (AvgIpc) is 3.19. The van der Waals surface area contributed by atoms with Crippen LogP contribution in [0.25, 0.3) is 0 Å². The average molecular weight is 359 g/mol. The number of nitrogens with zero attached hydrogens (tertiary/aromatic N) is 1. The number of benzene rings is 1. The van der Waals surface area contributed by atoms with Crippen molar-refractivity contribution in [3.8, 4) is 0 Å². The van der Waals surface area contributed by atoms with Gasteiger partial charge in [-0.05, 0) is 43.5 Å². The number of nitrogens with one attached hydrogen (secondary N) is 2. The van der Waals surface area contributed by atoms with Gasteiger partial charge in [-0.25, -0.2) is 4.39 Å². The maximum Gasteiger partial charge on any atom is 0.191 e. The van der Waals surface area contributed by atoms with E-state index in [1.54, 1.807) is 12.3 Å². The fraction of sp³-hybridized carbons (Fsp3) is 0.450. The molecular formula is C20H26FN3O2. The van der Waals surface area contributed by atoms with Crippen LogP contribution in [-0.2, 0) is 11.3 Å². The van der Waals surface area contributed by atoms with E-state index in [1.807, 2.05) is 31.2 Å². The molecule has 1 aromatic heterocycles. The lowest BCUT2D eigenvalue weighted by atomic mass is 10.1. The normalized spacial score (nSPS) is 19.4. The Morgan fingerprint density at radius 2 is 2.19 bits per heavy atom. The Labute approximate surface area is 153 Å². The molecule has 0 amide bonds. The lowest BCUT2D eigenvalue weighted by Gasteiger charge is -2.11.